The van der Waals surface area contributed by atoms with Crippen LogP contribution in [0.2, 0.25) is 0 Å². The van der Waals surface area contributed by atoms with Crippen LogP contribution in [-0.4, -0.2) is 52.8 Å². The monoisotopic (exact) mass is 241 g/mol. The van der Waals surface area contributed by atoms with Crippen molar-refractivity contribution in [2.24, 2.45) is 0 Å². The van der Waals surface area contributed by atoms with Crippen molar-refractivity contribution < 1.29 is 14.4 Å². The zero-order chi connectivity index (χ0) is 13.2. The molecule has 1 aliphatic heterocycles. The lowest BCUT2D eigenvalue weighted by Gasteiger charge is -2.29. The molecule has 1 aliphatic rings. The van der Waals surface area contributed by atoms with E-state index < -0.39 is 11.6 Å². The molecule has 0 radical (unpaired) electrons. The standard InChI is InChI=1S/C11H19N3O3/c1-5-13(6-2)8(15)7-14-10(17)12-9(16)11(14,3)4/h5-7H2,1-4H3,(H,12,16,17). The van der Waals surface area contributed by atoms with Gasteiger partial charge in [-0.2, -0.15) is 0 Å². The van der Waals surface area contributed by atoms with Crippen molar-refractivity contribution in [2.45, 2.75) is 33.2 Å². The number of urea groups is 1. The van der Waals surface area contributed by atoms with Gasteiger partial charge in [-0.15, -0.1) is 0 Å². The molecule has 0 saturated carbocycles. The van der Waals surface area contributed by atoms with Crippen molar-refractivity contribution in [3.8, 4) is 0 Å². The van der Waals surface area contributed by atoms with Crippen LogP contribution in [0.15, 0.2) is 0 Å². The maximum atomic E-state index is 11.9. The summed E-state index contributed by atoms with van der Waals surface area (Å²) in [6, 6.07) is -0.500. The average Bonchev–Trinajstić information content (AvgIpc) is 2.43. The van der Waals surface area contributed by atoms with Crippen molar-refractivity contribution in [1.82, 2.24) is 15.1 Å². The number of amides is 4. The highest BCUT2D eigenvalue weighted by Gasteiger charge is 2.46. The molecule has 0 spiro atoms. The van der Waals surface area contributed by atoms with Gasteiger partial charge in [0.05, 0.1) is 0 Å². The van der Waals surface area contributed by atoms with Crippen molar-refractivity contribution in [3.05, 3.63) is 0 Å². The summed E-state index contributed by atoms with van der Waals surface area (Å²) in [4.78, 5) is 37.9. The van der Waals surface area contributed by atoms with Crippen molar-refractivity contribution in [1.29, 1.82) is 0 Å². The van der Waals surface area contributed by atoms with Gasteiger partial charge in [-0.3, -0.25) is 14.9 Å². The van der Waals surface area contributed by atoms with Crippen LogP contribution in [0.25, 0.3) is 0 Å². The second-order valence-corrected chi connectivity index (χ2v) is 4.47. The average molecular weight is 241 g/mol. The highest BCUT2D eigenvalue weighted by molar-refractivity contribution is 6.07. The largest absolute Gasteiger partial charge is 0.342 e. The van der Waals surface area contributed by atoms with E-state index in [2.05, 4.69) is 5.32 Å². The Kier molecular flexibility index (Phi) is 3.75. The molecule has 1 fully saturated rings. The molecule has 1 rings (SSSR count). The van der Waals surface area contributed by atoms with Gasteiger partial charge in [0, 0.05) is 13.1 Å². The summed E-state index contributed by atoms with van der Waals surface area (Å²) >= 11 is 0. The van der Waals surface area contributed by atoms with Crippen LogP contribution in [0.3, 0.4) is 0 Å². The number of carbonyl (C=O) groups is 3. The van der Waals surface area contributed by atoms with Crippen LogP contribution in [0.5, 0.6) is 0 Å². The summed E-state index contributed by atoms with van der Waals surface area (Å²) in [6.45, 7) is 8.14. The Bertz CT molecular complexity index is 348. The summed E-state index contributed by atoms with van der Waals surface area (Å²) in [5.74, 6) is -0.511. The smallest absolute Gasteiger partial charge is 0.325 e. The zero-order valence-corrected chi connectivity index (χ0v) is 10.7. The predicted molar refractivity (Wildman–Crippen MR) is 62.3 cm³/mol. The minimum atomic E-state index is -0.958. The number of imide groups is 1. The van der Waals surface area contributed by atoms with Gasteiger partial charge in [-0.05, 0) is 27.7 Å². The molecular formula is C11H19N3O3. The van der Waals surface area contributed by atoms with Crippen LogP contribution in [0.4, 0.5) is 4.79 Å². The fourth-order valence-electron chi connectivity index (χ4n) is 1.78. The van der Waals surface area contributed by atoms with E-state index >= 15 is 0 Å². The number of nitrogens with one attached hydrogen (secondary N) is 1. The number of nitrogens with zero attached hydrogens (tertiary/aromatic N) is 2. The van der Waals surface area contributed by atoms with Crippen LogP contribution < -0.4 is 5.32 Å². The van der Waals surface area contributed by atoms with Crippen molar-refractivity contribution in [2.75, 3.05) is 19.6 Å². The second kappa shape index (κ2) is 4.73. The van der Waals surface area contributed by atoms with Gasteiger partial charge in [0.25, 0.3) is 5.91 Å². The molecule has 96 valence electrons. The first-order valence-electron chi connectivity index (χ1n) is 5.75. The van der Waals surface area contributed by atoms with E-state index in [4.69, 9.17) is 0 Å². The summed E-state index contributed by atoms with van der Waals surface area (Å²) in [5, 5.41) is 2.21. The number of carbonyl (C=O) groups excluding carboxylic acids is 3. The van der Waals surface area contributed by atoms with Gasteiger partial charge < -0.3 is 9.80 Å². The van der Waals surface area contributed by atoms with E-state index in [9.17, 15) is 14.4 Å². The van der Waals surface area contributed by atoms with E-state index in [1.54, 1.807) is 18.7 Å². The first-order chi connectivity index (χ1) is 7.84. The zero-order valence-electron chi connectivity index (χ0n) is 10.7. The summed E-state index contributed by atoms with van der Waals surface area (Å²) < 4.78 is 0. The van der Waals surface area contributed by atoms with Gasteiger partial charge in [0.15, 0.2) is 0 Å². The fourth-order valence-corrected chi connectivity index (χ4v) is 1.78. The molecule has 0 aromatic carbocycles. The normalized spacial score (nSPS) is 18.2. The van der Waals surface area contributed by atoms with Gasteiger partial charge in [0.1, 0.15) is 12.1 Å². The van der Waals surface area contributed by atoms with Crippen molar-refractivity contribution >= 4 is 17.8 Å². The molecule has 1 saturated heterocycles. The topological polar surface area (TPSA) is 69.7 Å². The van der Waals surface area contributed by atoms with Crippen molar-refractivity contribution in [3.63, 3.8) is 0 Å². The maximum absolute atomic E-state index is 11.9. The van der Waals surface area contributed by atoms with Gasteiger partial charge in [-0.25, -0.2) is 4.79 Å². The van der Waals surface area contributed by atoms with Gasteiger partial charge in [-0.1, -0.05) is 0 Å². The highest BCUT2D eigenvalue weighted by Crippen LogP contribution is 2.20. The lowest BCUT2D eigenvalue weighted by Crippen LogP contribution is -2.49. The molecule has 0 atom stereocenters. The lowest BCUT2D eigenvalue weighted by molar-refractivity contribution is -0.133. The lowest BCUT2D eigenvalue weighted by atomic mass is 10.0. The first-order valence-corrected chi connectivity index (χ1v) is 5.75. The third kappa shape index (κ3) is 2.40. The minimum absolute atomic E-state index is 0.0632. The number of rotatable bonds is 4. The Labute approximate surface area is 101 Å². The van der Waals surface area contributed by atoms with Gasteiger partial charge >= 0.3 is 6.03 Å². The van der Waals surface area contributed by atoms with E-state index in [0.29, 0.717) is 13.1 Å². The summed E-state index contributed by atoms with van der Waals surface area (Å²) in [6.07, 6.45) is 0. The molecule has 17 heavy (non-hydrogen) atoms. The molecule has 0 unspecified atom stereocenters. The second-order valence-electron chi connectivity index (χ2n) is 4.47. The third-order valence-electron chi connectivity index (χ3n) is 3.11. The fraction of sp³-hybridized carbons (Fsp3) is 0.727. The van der Waals surface area contributed by atoms with E-state index in [0.717, 1.165) is 0 Å². The van der Waals surface area contributed by atoms with Gasteiger partial charge in [0.2, 0.25) is 5.91 Å². The molecule has 4 amide bonds. The quantitative estimate of drug-likeness (QED) is 0.714. The number of hydrogen-bond donors (Lipinski definition) is 1. The first kappa shape index (κ1) is 13.5. The number of hydrogen-bond acceptors (Lipinski definition) is 3. The number of likely N-dealkylation sites (N-methyl/N-ethyl adjacent to an activating group) is 1. The highest BCUT2D eigenvalue weighted by atomic mass is 16.2. The van der Waals surface area contributed by atoms with E-state index in [1.165, 1.54) is 4.90 Å². The Morgan fingerprint density at radius 1 is 1.29 bits per heavy atom. The molecule has 6 nitrogen and oxygen atoms in total. The molecule has 0 aromatic heterocycles. The molecule has 0 aromatic rings. The third-order valence-corrected chi connectivity index (χ3v) is 3.11. The van der Waals surface area contributed by atoms with E-state index in [-0.39, 0.29) is 18.4 Å². The molecule has 1 heterocycles. The molecule has 0 bridgehead atoms. The Morgan fingerprint density at radius 2 is 1.82 bits per heavy atom. The Morgan fingerprint density at radius 3 is 2.18 bits per heavy atom. The minimum Gasteiger partial charge on any atom is -0.342 e. The Balaban J connectivity index is 2.78. The molecular weight excluding hydrogens is 222 g/mol. The summed E-state index contributed by atoms with van der Waals surface area (Å²) in [5.41, 5.74) is -0.958. The maximum Gasteiger partial charge on any atom is 0.325 e. The van der Waals surface area contributed by atoms with Crippen LogP contribution in [-0.2, 0) is 9.59 Å². The summed E-state index contributed by atoms with van der Waals surface area (Å²) in [7, 11) is 0. The predicted octanol–water partition coefficient (Wildman–Crippen LogP) is 0.185. The molecule has 1 N–H and O–H groups in total. The van der Waals surface area contributed by atoms with Crippen LogP contribution in [0, 0.1) is 0 Å². The van der Waals surface area contributed by atoms with Crippen LogP contribution in [0.1, 0.15) is 27.7 Å². The molecule has 0 aliphatic carbocycles. The molecule has 6 heteroatoms. The Hall–Kier alpha value is -1.59. The van der Waals surface area contributed by atoms with Crippen LogP contribution >= 0.6 is 0 Å². The SMILES string of the molecule is CCN(CC)C(=O)CN1C(=O)NC(=O)C1(C)C. The van der Waals surface area contributed by atoms with E-state index in [1.807, 2.05) is 13.8 Å².